The Morgan fingerprint density at radius 1 is 0.793 bits per heavy atom. The van der Waals surface area contributed by atoms with Crippen LogP contribution in [0, 0.1) is 0 Å². The van der Waals surface area contributed by atoms with Crippen molar-refractivity contribution in [2.45, 2.75) is 26.7 Å². The molecule has 3 rings (SSSR count). The number of hydrogen-bond donors (Lipinski definition) is 3. The van der Waals surface area contributed by atoms with E-state index in [4.69, 9.17) is 0 Å². The number of anilines is 4. The second-order valence-electron chi connectivity index (χ2n) is 7.08. The molecule has 2 aromatic carbocycles. The van der Waals surface area contributed by atoms with Crippen LogP contribution in [0.3, 0.4) is 0 Å². The summed E-state index contributed by atoms with van der Waals surface area (Å²) in [6.45, 7) is 5.73. The highest BCUT2D eigenvalue weighted by atomic mass is 16.2. The van der Waals surface area contributed by atoms with Gasteiger partial charge in [-0.05, 0) is 53.9 Å². The van der Waals surface area contributed by atoms with Crippen molar-refractivity contribution in [2.24, 2.45) is 0 Å². The van der Waals surface area contributed by atoms with Crippen LogP contribution >= 0.6 is 0 Å². The van der Waals surface area contributed by atoms with Crippen LogP contribution in [0.2, 0.25) is 0 Å². The van der Waals surface area contributed by atoms with Crippen molar-refractivity contribution in [3.63, 3.8) is 0 Å². The Bertz CT molecular complexity index is 996. The molecule has 0 aliphatic heterocycles. The number of carbonyl (C=O) groups is 2. The first-order chi connectivity index (χ1) is 13.9. The van der Waals surface area contributed by atoms with Crippen LogP contribution in [0.25, 0.3) is 0 Å². The summed E-state index contributed by atoms with van der Waals surface area (Å²) in [4.78, 5) is 27.8. The first-order valence-electron chi connectivity index (χ1n) is 9.42. The number of nitrogens with zero attached hydrogens (tertiary/aromatic N) is 1. The van der Waals surface area contributed by atoms with Gasteiger partial charge in [-0.2, -0.15) is 0 Å². The molecule has 0 bridgehead atoms. The maximum absolute atomic E-state index is 12.6. The van der Waals surface area contributed by atoms with Gasteiger partial charge >= 0.3 is 0 Å². The lowest BCUT2D eigenvalue weighted by atomic mass is 10.0. The molecule has 1 heterocycles. The van der Waals surface area contributed by atoms with Crippen molar-refractivity contribution >= 4 is 34.6 Å². The standard InChI is InChI=1S/C23H24N4O2/c1-15(2)17-4-6-21(7-5-17)27-23(29)18-12-22(14-24-13-18)26-20-10-8-19(9-11-20)25-16(3)28/h4-15,26H,1-3H3,(H,25,28)(H,27,29). The lowest BCUT2D eigenvalue weighted by Gasteiger charge is -2.10. The Morgan fingerprint density at radius 2 is 1.38 bits per heavy atom. The number of carbonyl (C=O) groups excluding carboxylic acids is 2. The van der Waals surface area contributed by atoms with E-state index in [9.17, 15) is 9.59 Å². The number of aromatic nitrogens is 1. The van der Waals surface area contributed by atoms with Crippen molar-refractivity contribution in [1.29, 1.82) is 0 Å². The Morgan fingerprint density at radius 3 is 2.00 bits per heavy atom. The Labute approximate surface area is 170 Å². The number of benzene rings is 2. The molecular formula is C23H24N4O2. The minimum absolute atomic E-state index is 0.118. The highest BCUT2D eigenvalue weighted by molar-refractivity contribution is 6.04. The molecule has 6 nitrogen and oxygen atoms in total. The zero-order chi connectivity index (χ0) is 20.8. The van der Waals surface area contributed by atoms with E-state index >= 15 is 0 Å². The maximum Gasteiger partial charge on any atom is 0.257 e. The molecule has 29 heavy (non-hydrogen) atoms. The van der Waals surface area contributed by atoms with Crippen molar-refractivity contribution in [2.75, 3.05) is 16.0 Å². The summed E-state index contributed by atoms with van der Waals surface area (Å²) in [5.41, 5.74) is 4.66. The molecule has 0 unspecified atom stereocenters. The highest BCUT2D eigenvalue weighted by Gasteiger charge is 2.09. The minimum atomic E-state index is -0.223. The monoisotopic (exact) mass is 388 g/mol. The Hall–Kier alpha value is -3.67. The third-order valence-electron chi connectivity index (χ3n) is 4.33. The predicted octanol–water partition coefficient (Wildman–Crippen LogP) is 5.16. The summed E-state index contributed by atoms with van der Waals surface area (Å²) in [5.74, 6) is 0.103. The number of rotatable bonds is 6. The minimum Gasteiger partial charge on any atom is -0.354 e. The molecule has 0 saturated carbocycles. The van der Waals surface area contributed by atoms with E-state index in [-0.39, 0.29) is 11.8 Å². The predicted molar refractivity (Wildman–Crippen MR) is 117 cm³/mol. The summed E-state index contributed by atoms with van der Waals surface area (Å²) in [5, 5.41) is 8.82. The largest absolute Gasteiger partial charge is 0.354 e. The van der Waals surface area contributed by atoms with Crippen molar-refractivity contribution in [1.82, 2.24) is 4.98 Å². The summed E-state index contributed by atoms with van der Waals surface area (Å²) in [7, 11) is 0. The molecule has 3 N–H and O–H groups in total. The number of nitrogens with one attached hydrogen (secondary N) is 3. The van der Waals surface area contributed by atoms with Gasteiger partial charge in [-0.15, -0.1) is 0 Å². The molecule has 6 heteroatoms. The third kappa shape index (κ3) is 5.65. The Kier molecular flexibility index (Phi) is 6.24. The fourth-order valence-electron chi connectivity index (χ4n) is 2.79. The molecule has 0 saturated heterocycles. The van der Waals surface area contributed by atoms with E-state index in [2.05, 4.69) is 34.8 Å². The van der Waals surface area contributed by atoms with E-state index in [1.165, 1.54) is 18.7 Å². The van der Waals surface area contributed by atoms with Gasteiger partial charge in [0.05, 0.1) is 17.4 Å². The van der Waals surface area contributed by atoms with Crippen LogP contribution in [0.5, 0.6) is 0 Å². The van der Waals surface area contributed by atoms with Crippen LogP contribution < -0.4 is 16.0 Å². The van der Waals surface area contributed by atoms with Gasteiger partial charge in [0, 0.05) is 30.2 Å². The molecular weight excluding hydrogens is 364 g/mol. The van der Waals surface area contributed by atoms with Gasteiger partial charge in [0.2, 0.25) is 5.91 Å². The first-order valence-corrected chi connectivity index (χ1v) is 9.42. The quantitative estimate of drug-likeness (QED) is 0.545. The van der Waals surface area contributed by atoms with Gasteiger partial charge in [-0.3, -0.25) is 14.6 Å². The number of amides is 2. The first kappa shape index (κ1) is 20.1. The summed E-state index contributed by atoms with van der Waals surface area (Å²) >= 11 is 0. The molecule has 0 atom stereocenters. The number of hydrogen-bond acceptors (Lipinski definition) is 4. The SMILES string of the molecule is CC(=O)Nc1ccc(Nc2cncc(C(=O)Nc3ccc(C(C)C)cc3)c2)cc1. The van der Waals surface area contributed by atoms with Crippen LogP contribution in [0.15, 0.2) is 67.0 Å². The lowest BCUT2D eigenvalue weighted by molar-refractivity contribution is -0.114. The smallest absolute Gasteiger partial charge is 0.257 e. The second kappa shape index (κ2) is 9.01. The third-order valence-corrected chi connectivity index (χ3v) is 4.33. The zero-order valence-electron chi connectivity index (χ0n) is 16.7. The van der Waals surface area contributed by atoms with Crippen molar-refractivity contribution < 1.29 is 9.59 Å². The Balaban J connectivity index is 1.66. The van der Waals surface area contributed by atoms with E-state index in [1.54, 1.807) is 24.4 Å². The summed E-state index contributed by atoms with van der Waals surface area (Å²) < 4.78 is 0. The zero-order valence-corrected chi connectivity index (χ0v) is 16.7. The molecule has 3 aromatic rings. The fourth-order valence-corrected chi connectivity index (χ4v) is 2.79. The molecule has 148 valence electrons. The molecule has 0 fully saturated rings. The molecule has 2 amide bonds. The van der Waals surface area contributed by atoms with Crippen LogP contribution in [-0.4, -0.2) is 16.8 Å². The number of pyridine rings is 1. The van der Waals surface area contributed by atoms with Gasteiger partial charge in [0.25, 0.3) is 5.91 Å². The van der Waals surface area contributed by atoms with Gasteiger partial charge in [-0.25, -0.2) is 0 Å². The van der Waals surface area contributed by atoms with E-state index in [0.717, 1.165) is 17.1 Å². The fraction of sp³-hybridized carbons (Fsp3) is 0.174. The topological polar surface area (TPSA) is 83.1 Å². The molecule has 1 aromatic heterocycles. The van der Waals surface area contributed by atoms with Gasteiger partial charge in [0.1, 0.15) is 0 Å². The van der Waals surface area contributed by atoms with Crippen LogP contribution in [-0.2, 0) is 4.79 Å². The van der Waals surface area contributed by atoms with Crippen LogP contribution in [0.4, 0.5) is 22.7 Å². The molecule has 0 radical (unpaired) electrons. The maximum atomic E-state index is 12.6. The molecule has 0 spiro atoms. The lowest BCUT2D eigenvalue weighted by Crippen LogP contribution is -2.12. The summed E-state index contributed by atoms with van der Waals surface area (Å²) in [6, 6.07) is 16.9. The van der Waals surface area contributed by atoms with Gasteiger partial charge in [-0.1, -0.05) is 26.0 Å². The normalized spacial score (nSPS) is 10.5. The van der Waals surface area contributed by atoms with E-state index in [0.29, 0.717) is 17.2 Å². The molecule has 0 aliphatic rings. The average Bonchev–Trinajstić information content (AvgIpc) is 2.70. The van der Waals surface area contributed by atoms with Gasteiger partial charge < -0.3 is 16.0 Å². The van der Waals surface area contributed by atoms with Crippen molar-refractivity contribution in [3.8, 4) is 0 Å². The van der Waals surface area contributed by atoms with Crippen molar-refractivity contribution in [3.05, 3.63) is 78.1 Å². The van der Waals surface area contributed by atoms with Crippen LogP contribution in [0.1, 0.15) is 42.6 Å². The highest BCUT2D eigenvalue weighted by Crippen LogP contribution is 2.21. The van der Waals surface area contributed by atoms with E-state index in [1.807, 2.05) is 36.4 Å². The second-order valence-corrected chi connectivity index (χ2v) is 7.08. The average molecular weight is 388 g/mol. The molecule has 0 aliphatic carbocycles. The van der Waals surface area contributed by atoms with E-state index < -0.39 is 0 Å². The summed E-state index contributed by atoms with van der Waals surface area (Å²) in [6.07, 6.45) is 3.18. The van der Waals surface area contributed by atoms with Gasteiger partial charge in [0.15, 0.2) is 0 Å².